The Morgan fingerprint density at radius 2 is 1.88 bits per heavy atom. The molecule has 0 unspecified atom stereocenters. The van der Waals surface area contributed by atoms with Gasteiger partial charge >= 0.3 is 0 Å². The summed E-state index contributed by atoms with van der Waals surface area (Å²) in [4.78, 5) is 3.97. The lowest BCUT2D eigenvalue weighted by atomic mass is 10.0. The van der Waals surface area contributed by atoms with E-state index < -0.39 is 0 Å². The minimum absolute atomic E-state index is 0.327. The molecule has 122 valence electrons. The number of aromatic nitrogens is 1. The zero-order valence-electron chi connectivity index (χ0n) is 13.7. The molecular formula is C20H17N5. The molecule has 1 heterocycles. The van der Waals surface area contributed by atoms with Crippen molar-refractivity contribution < 1.29 is 0 Å². The summed E-state index contributed by atoms with van der Waals surface area (Å²) in [6, 6.07) is 16.8. The number of rotatable bonds is 4. The van der Waals surface area contributed by atoms with Crippen molar-refractivity contribution in [3.63, 3.8) is 0 Å². The van der Waals surface area contributed by atoms with Crippen LogP contribution < -0.4 is 11.1 Å². The average Bonchev–Trinajstić information content (AvgIpc) is 2.64. The highest BCUT2D eigenvalue weighted by Gasteiger charge is 2.10. The average molecular weight is 327 g/mol. The number of aryl methyl sites for hydroxylation is 1. The predicted octanol–water partition coefficient (Wildman–Crippen LogP) is 4.00. The number of nitrogen functional groups attached to an aromatic ring is 1. The number of nitriles is 1. The fraction of sp³-hybridized carbons (Fsp3) is 0.0500. The van der Waals surface area contributed by atoms with E-state index >= 15 is 0 Å². The molecule has 0 radical (unpaired) electrons. The molecule has 0 aliphatic carbocycles. The van der Waals surface area contributed by atoms with Crippen molar-refractivity contribution in [2.24, 2.45) is 0 Å². The normalized spacial score (nSPS) is 10.1. The first-order chi connectivity index (χ1) is 12.1. The summed E-state index contributed by atoms with van der Waals surface area (Å²) in [5.41, 5.74) is 11.4. The largest absolute Gasteiger partial charge is 0.398 e. The Bertz CT molecular complexity index is 971. The molecule has 2 aromatic carbocycles. The summed E-state index contributed by atoms with van der Waals surface area (Å²) in [7, 11) is 0. The third-order valence-electron chi connectivity index (χ3n) is 3.87. The van der Waals surface area contributed by atoms with Crippen LogP contribution >= 0.6 is 0 Å². The Hall–Kier alpha value is -3.65. The minimum atomic E-state index is 0.327. The number of nitrogens with zero attached hydrogens (tertiary/aromatic N) is 2. The van der Waals surface area contributed by atoms with E-state index in [2.05, 4.69) is 16.4 Å². The number of benzene rings is 2. The monoisotopic (exact) mass is 327 g/mol. The summed E-state index contributed by atoms with van der Waals surface area (Å²) in [5.74, 6) is 0. The molecule has 0 atom stereocenters. The first-order valence-corrected chi connectivity index (χ1v) is 7.75. The van der Waals surface area contributed by atoms with E-state index in [1.54, 1.807) is 30.6 Å². The Balaban J connectivity index is 1.95. The lowest BCUT2D eigenvalue weighted by molar-refractivity contribution is 1.31. The van der Waals surface area contributed by atoms with Crippen molar-refractivity contribution in [2.75, 3.05) is 11.1 Å². The maximum absolute atomic E-state index is 9.31. The Kier molecular flexibility index (Phi) is 4.44. The Morgan fingerprint density at radius 3 is 2.60 bits per heavy atom. The fourth-order valence-corrected chi connectivity index (χ4v) is 2.54. The molecule has 0 amide bonds. The van der Waals surface area contributed by atoms with Gasteiger partial charge in [0.05, 0.1) is 17.0 Å². The van der Waals surface area contributed by atoms with Gasteiger partial charge < -0.3 is 11.1 Å². The molecule has 1 aromatic heterocycles. The van der Waals surface area contributed by atoms with Crippen molar-refractivity contribution in [1.29, 1.82) is 10.7 Å². The van der Waals surface area contributed by atoms with Crippen LogP contribution in [-0.4, -0.2) is 10.7 Å². The molecule has 3 rings (SSSR count). The molecule has 0 saturated carbocycles. The van der Waals surface area contributed by atoms with E-state index in [1.807, 2.05) is 37.3 Å². The van der Waals surface area contributed by atoms with Crippen LogP contribution in [0, 0.1) is 23.7 Å². The van der Waals surface area contributed by atoms with Gasteiger partial charge in [0.1, 0.15) is 6.07 Å². The first kappa shape index (κ1) is 16.2. The van der Waals surface area contributed by atoms with Crippen molar-refractivity contribution in [2.45, 2.75) is 6.92 Å². The second-order valence-corrected chi connectivity index (χ2v) is 5.70. The molecule has 25 heavy (non-hydrogen) atoms. The summed E-state index contributed by atoms with van der Waals surface area (Å²) >= 11 is 0. The van der Waals surface area contributed by atoms with Gasteiger partial charge in [-0.3, -0.25) is 10.4 Å². The van der Waals surface area contributed by atoms with Crippen LogP contribution in [0.3, 0.4) is 0 Å². The highest BCUT2D eigenvalue weighted by Crippen LogP contribution is 2.26. The molecule has 4 N–H and O–H groups in total. The number of pyridine rings is 1. The molecule has 5 heteroatoms. The van der Waals surface area contributed by atoms with Crippen LogP contribution in [0.15, 0.2) is 60.9 Å². The van der Waals surface area contributed by atoms with Gasteiger partial charge in [0, 0.05) is 34.9 Å². The standard InChI is InChI=1S/C20H17N5/c1-13-2-5-19(15(10-13)12-21)25-16-3-4-18(22)17(11-16)20(23)14-6-8-24-9-7-14/h2-11,23,25H,22H2,1H3. The highest BCUT2D eigenvalue weighted by atomic mass is 14.9. The summed E-state index contributed by atoms with van der Waals surface area (Å²) in [5, 5.41) is 21.0. The van der Waals surface area contributed by atoms with Crippen molar-refractivity contribution >= 4 is 22.8 Å². The van der Waals surface area contributed by atoms with Crippen LogP contribution in [0.2, 0.25) is 0 Å². The zero-order valence-corrected chi connectivity index (χ0v) is 13.7. The summed E-state index contributed by atoms with van der Waals surface area (Å²) in [6.45, 7) is 1.95. The van der Waals surface area contributed by atoms with Crippen molar-refractivity contribution in [3.05, 3.63) is 83.2 Å². The van der Waals surface area contributed by atoms with E-state index in [0.29, 0.717) is 22.5 Å². The smallest absolute Gasteiger partial charge is 0.101 e. The van der Waals surface area contributed by atoms with Gasteiger partial charge in [-0.25, -0.2) is 0 Å². The van der Waals surface area contributed by atoms with Crippen LogP contribution in [0.5, 0.6) is 0 Å². The number of nitrogens with one attached hydrogen (secondary N) is 2. The summed E-state index contributed by atoms with van der Waals surface area (Å²) < 4.78 is 0. The van der Waals surface area contributed by atoms with Crippen LogP contribution in [0.1, 0.15) is 22.3 Å². The van der Waals surface area contributed by atoms with Crippen molar-refractivity contribution in [1.82, 2.24) is 4.98 Å². The van der Waals surface area contributed by atoms with E-state index in [1.165, 1.54) is 0 Å². The SMILES string of the molecule is Cc1ccc(Nc2ccc(N)c(C(=N)c3ccncc3)c2)c(C#N)c1. The molecular weight excluding hydrogens is 310 g/mol. The molecule has 0 bridgehead atoms. The van der Waals surface area contributed by atoms with Gasteiger partial charge in [0.15, 0.2) is 0 Å². The predicted molar refractivity (Wildman–Crippen MR) is 100 cm³/mol. The minimum Gasteiger partial charge on any atom is -0.398 e. The quantitative estimate of drug-likeness (QED) is 0.498. The maximum atomic E-state index is 9.31. The van der Waals surface area contributed by atoms with Crippen LogP contribution in [-0.2, 0) is 0 Å². The van der Waals surface area contributed by atoms with Crippen LogP contribution in [0.4, 0.5) is 17.1 Å². The zero-order chi connectivity index (χ0) is 17.8. The van der Waals surface area contributed by atoms with Gasteiger partial charge in [0.25, 0.3) is 0 Å². The van der Waals surface area contributed by atoms with Gasteiger partial charge in [-0.05, 0) is 55.0 Å². The number of hydrogen-bond donors (Lipinski definition) is 3. The Labute approximate surface area is 146 Å². The van der Waals surface area contributed by atoms with Crippen molar-refractivity contribution in [3.8, 4) is 6.07 Å². The molecule has 0 aliphatic heterocycles. The third-order valence-corrected chi connectivity index (χ3v) is 3.87. The Morgan fingerprint density at radius 1 is 1.12 bits per heavy atom. The van der Waals surface area contributed by atoms with E-state index in [4.69, 9.17) is 11.1 Å². The molecule has 0 aliphatic rings. The molecule has 5 nitrogen and oxygen atoms in total. The topological polar surface area (TPSA) is 98.6 Å². The molecule has 0 fully saturated rings. The fourth-order valence-electron chi connectivity index (χ4n) is 2.54. The second kappa shape index (κ2) is 6.85. The van der Waals surface area contributed by atoms with E-state index in [0.717, 1.165) is 22.5 Å². The first-order valence-electron chi connectivity index (χ1n) is 7.75. The second-order valence-electron chi connectivity index (χ2n) is 5.70. The molecule has 0 spiro atoms. The van der Waals surface area contributed by atoms with Gasteiger partial charge in [-0.1, -0.05) is 6.07 Å². The van der Waals surface area contributed by atoms with Gasteiger partial charge in [-0.2, -0.15) is 5.26 Å². The van der Waals surface area contributed by atoms with Gasteiger partial charge in [-0.15, -0.1) is 0 Å². The van der Waals surface area contributed by atoms with Crippen LogP contribution in [0.25, 0.3) is 0 Å². The summed E-state index contributed by atoms with van der Waals surface area (Å²) in [6.07, 6.45) is 3.29. The third kappa shape index (κ3) is 3.48. The molecule has 3 aromatic rings. The van der Waals surface area contributed by atoms with E-state index in [-0.39, 0.29) is 0 Å². The lowest BCUT2D eigenvalue weighted by Gasteiger charge is -2.13. The highest BCUT2D eigenvalue weighted by molar-refractivity contribution is 6.14. The maximum Gasteiger partial charge on any atom is 0.101 e. The van der Waals surface area contributed by atoms with Gasteiger partial charge in [0.2, 0.25) is 0 Å². The number of hydrogen-bond acceptors (Lipinski definition) is 5. The number of nitrogens with two attached hydrogens (primary N) is 1. The molecule has 0 saturated heterocycles. The van der Waals surface area contributed by atoms with E-state index in [9.17, 15) is 5.26 Å². The number of anilines is 3. The lowest BCUT2D eigenvalue weighted by Crippen LogP contribution is -2.06.